The summed E-state index contributed by atoms with van der Waals surface area (Å²) >= 11 is 0. The number of ether oxygens (including phenoxy) is 1. The standard InChI is InChI=1S/C14H19N3O2/c15-8-13-9-16(10-19-13)11-3-5-12(6-4-11)17-7-1-2-14(17)18/h3-6,13H,1-2,7-10,15H2. The van der Waals surface area contributed by atoms with Crippen LogP contribution in [-0.2, 0) is 9.53 Å². The molecule has 0 spiro atoms. The van der Waals surface area contributed by atoms with Gasteiger partial charge in [-0.15, -0.1) is 0 Å². The summed E-state index contributed by atoms with van der Waals surface area (Å²) in [7, 11) is 0. The molecule has 1 atom stereocenters. The number of rotatable bonds is 3. The van der Waals surface area contributed by atoms with Crippen molar-refractivity contribution in [2.75, 3.05) is 36.2 Å². The summed E-state index contributed by atoms with van der Waals surface area (Å²) in [5.74, 6) is 0.223. The lowest BCUT2D eigenvalue weighted by atomic mass is 10.2. The molecule has 1 aromatic rings. The van der Waals surface area contributed by atoms with E-state index in [4.69, 9.17) is 10.5 Å². The molecule has 2 aliphatic rings. The molecule has 2 saturated heterocycles. The molecule has 0 saturated carbocycles. The van der Waals surface area contributed by atoms with Gasteiger partial charge in [0, 0.05) is 37.4 Å². The molecule has 3 rings (SSSR count). The molecule has 1 amide bonds. The van der Waals surface area contributed by atoms with Crippen LogP contribution in [0.5, 0.6) is 0 Å². The minimum absolute atomic E-state index is 0.125. The van der Waals surface area contributed by atoms with Crippen molar-refractivity contribution in [1.29, 1.82) is 0 Å². The van der Waals surface area contributed by atoms with Crippen LogP contribution in [0.15, 0.2) is 24.3 Å². The smallest absolute Gasteiger partial charge is 0.227 e. The van der Waals surface area contributed by atoms with Crippen LogP contribution in [0.2, 0.25) is 0 Å². The highest BCUT2D eigenvalue weighted by atomic mass is 16.5. The highest BCUT2D eigenvalue weighted by Crippen LogP contribution is 2.26. The molecule has 1 aromatic carbocycles. The van der Waals surface area contributed by atoms with E-state index in [0.717, 1.165) is 30.9 Å². The Labute approximate surface area is 112 Å². The van der Waals surface area contributed by atoms with E-state index in [1.54, 1.807) is 0 Å². The normalized spacial score (nSPS) is 23.4. The Morgan fingerprint density at radius 3 is 2.58 bits per heavy atom. The van der Waals surface area contributed by atoms with E-state index >= 15 is 0 Å². The summed E-state index contributed by atoms with van der Waals surface area (Å²) in [6.07, 6.45) is 1.75. The molecule has 0 aromatic heterocycles. The van der Waals surface area contributed by atoms with Crippen LogP contribution in [0.25, 0.3) is 0 Å². The van der Waals surface area contributed by atoms with Crippen molar-refractivity contribution in [3.05, 3.63) is 24.3 Å². The summed E-state index contributed by atoms with van der Waals surface area (Å²) in [5, 5.41) is 0. The molecule has 2 heterocycles. The largest absolute Gasteiger partial charge is 0.355 e. The third kappa shape index (κ3) is 2.43. The third-order valence-electron chi connectivity index (χ3n) is 3.75. The Morgan fingerprint density at radius 1 is 1.26 bits per heavy atom. The second-order valence-electron chi connectivity index (χ2n) is 5.04. The van der Waals surface area contributed by atoms with Crippen LogP contribution >= 0.6 is 0 Å². The van der Waals surface area contributed by atoms with Crippen molar-refractivity contribution >= 4 is 17.3 Å². The maximum absolute atomic E-state index is 11.7. The molecule has 5 nitrogen and oxygen atoms in total. The zero-order valence-electron chi connectivity index (χ0n) is 10.9. The van der Waals surface area contributed by atoms with Gasteiger partial charge in [0.25, 0.3) is 0 Å². The van der Waals surface area contributed by atoms with Gasteiger partial charge < -0.3 is 20.3 Å². The van der Waals surface area contributed by atoms with Gasteiger partial charge in [0.15, 0.2) is 0 Å². The Bertz CT molecular complexity index is 460. The van der Waals surface area contributed by atoms with E-state index < -0.39 is 0 Å². The van der Waals surface area contributed by atoms with Crippen molar-refractivity contribution in [3.8, 4) is 0 Å². The number of carbonyl (C=O) groups excluding carboxylic acids is 1. The summed E-state index contributed by atoms with van der Waals surface area (Å²) < 4.78 is 5.55. The number of nitrogens with two attached hydrogens (primary N) is 1. The first kappa shape index (κ1) is 12.4. The van der Waals surface area contributed by atoms with Crippen molar-refractivity contribution < 1.29 is 9.53 Å². The Kier molecular flexibility index (Phi) is 3.40. The number of anilines is 2. The monoisotopic (exact) mass is 261 g/mol. The number of carbonyl (C=O) groups is 1. The molecular formula is C14H19N3O2. The fourth-order valence-electron chi connectivity index (χ4n) is 2.63. The molecule has 0 bridgehead atoms. The van der Waals surface area contributed by atoms with Gasteiger partial charge in [-0.1, -0.05) is 0 Å². The first-order valence-electron chi connectivity index (χ1n) is 6.75. The fourth-order valence-corrected chi connectivity index (χ4v) is 2.63. The second kappa shape index (κ2) is 5.19. The average molecular weight is 261 g/mol. The molecule has 2 aliphatic heterocycles. The second-order valence-corrected chi connectivity index (χ2v) is 5.04. The van der Waals surface area contributed by atoms with Crippen molar-refractivity contribution in [1.82, 2.24) is 0 Å². The first-order valence-corrected chi connectivity index (χ1v) is 6.75. The lowest BCUT2D eigenvalue weighted by molar-refractivity contribution is -0.117. The molecule has 0 aliphatic carbocycles. The van der Waals surface area contributed by atoms with Crippen LogP contribution < -0.4 is 15.5 Å². The minimum Gasteiger partial charge on any atom is -0.355 e. The Hall–Kier alpha value is -1.59. The maximum Gasteiger partial charge on any atom is 0.227 e. The topological polar surface area (TPSA) is 58.8 Å². The summed E-state index contributed by atoms with van der Waals surface area (Å²) in [4.78, 5) is 15.7. The van der Waals surface area contributed by atoms with Gasteiger partial charge in [-0.05, 0) is 30.7 Å². The molecule has 5 heteroatoms. The van der Waals surface area contributed by atoms with E-state index in [0.29, 0.717) is 19.7 Å². The molecule has 1 unspecified atom stereocenters. The van der Waals surface area contributed by atoms with Gasteiger partial charge in [-0.2, -0.15) is 0 Å². The van der Waals surface area contributed by atoms with E-state index in [1.165, 1.54) is 0 Å². The van der Waals surface area contributed by atoms with Gasteiger partial charge in [-0.25, -0.2) is 0 Å². The third-order valence-corrected chi connectivity index (χ3v) is 3.75. The zero-order chi connectivity index (χ0) is 13.2. The van der Waals surface area contributed by atoms with Crippen LogP contribution in [0.1, 0.15) is 12.8 Å². The first-order chi connectivity index (χ1) is 9.28. The van der Waals surface area contributed by atoms with Crippen molar-refractivity contribution in [3.63, 3.8) is 0 Å². The highest BCUT2D eigenvalue weighted by Gasteiger charge is 2.24. The van der Waals surface area contributed by atoms with Gasteiger partial charge >= 0.3 is 0 Å². The van der Waals surface area contributed by atoms with Crippen molar-refractivity contribution in [2.45, 2.75) is 18.9 Å². The fraction of sp³-hybridized carbons (Fsp3) is 0.500. The number of amides is 1. The SMILES string of the molecule is NCC1CN(c2ccc(N3CCCC3=O)cc2)CO1. The number of hydrogen-bond acceptors (Lipinski definition) is 4. The zero-order valence-corrected chi connectivity index (χ0v) is 10.9. The Balaban J connectivity index is 1.71. The van der Waals surface area contributed by atoms with Gasteiger partial charge in [0.2, 0.25) is 5.91 Å². The molecule has 19 heavy (non-hydrogen) atoms. The Morgan fingerprint density at radius 2 is 2.00 bits per heavy atom. The molecular weight excluding hydrogens is 242 g/mol. The average Bonchev–Trinajstić information content (AvgIpc) is 3.07. The highest BCUT2D eigenvalue weighted by molar-refractivity contribution is 5.95. The molecule has 2 N–H and O–H groups in total. The van der Waals surface area contributed by atoms with Crippen LogP contribution in [0.3, 0.4) is 0 Å². The maximum atomic E-state index is 11.7. The van der Waals surface area contributed by atoms with Crippen LogP contribution in [0.4, 0.5) is 11.4 Å². The summed E-state index contributed by atoms with van der Waals surface area (Å²) in [6, 6.07) is 8.11. The van der Waals surface area contributed by atoms with Gasteiger partial charge in [-0.3, -0.25) is 4.79 Å². The van der Waals surface area contributed by atoms with Gasteiger partial charge in [0.1, 0.15) is 6.73 Å². The number of benzene rings is 1. The predicted molar refractivity (Wildman–Crippen MR) is 74.2 cm³/mol. The minimum atomic E-state index is 0.125. The van der Waals surface area contributed by atoms with Crippen LogP contribution in [0, 0.1) is 0 Å². The molecule has 102 valence electrons. The molecule has 2 fully saturated rings. The van der Waals surface area contributed by atoms with E-state index in [9.17, 15) is 4.79 Å². The van der Waals surface area contributed by atoms with Gasteiger partial charge in [0.05, 0.1) is 6.10 Å². The predicted octanol–water partition coefficient (Wildman–Crippen LogP) is 0.935. The quantitative estimate of drug-likeness (QED) is 0.879. The van der Waals surface area contributed by atoms with E-state index in [1.807, 2.05) is 29.2 Å². The van der Waals surface area contributed by atoms with Crippen LogP contribution in [-0.4, -0.2) is 38.4 Å². The number of hydrogen-bond donors (Lipinski definition) is 1. The summed E-state index contributed by atoms with van der Waals surface area (Å²) in [5.41, 5.74) is 7.71. The number of nitrogens with zero attached hydrogens (tertiary/aromatic N) is 2. The summed E-state index contributed by atoms with van der Waals surface area (Å²) in [6.45, 7) is 2.81. The van der Waals surface area contributed by atoms with E-state index in [2.05, 4.69) is 4.90 Å². The lowest BCUT2D eigenvalue weighted by Crippen LogP contribution is -2.26. The van der Waals surface area contributed by atoms with Crippen molar-refractivity contribution in [2.24, 2.45) is 5.73 Å². The lowest BCUT2D eigenvalue weighted by Gasteiger charge is -2.19. The van der Waals surface area contributed by atoms with E-state index in [-0.39, 0.29) is 12.0 Å². The molecule has 0 radical (unpaired) electrons.